The van der Waals surface area contributed by atoms with Crippen molar-refractivity contribution in [2.24, 2.45) is 0 Å². The normalized spacial score (nSPS) is 14.8. The average molecular weight is 388 g/mol. The molecule has 0 aliphatic heterocycles. The predicted octanol–water partition coefficient (Wildman–Crippen LogP) is 5.07. The van der Waals surface area contributed by atoms with Gasteiger partial charge in [-0.15, -0.1) is 0 Å². The minimum atomic E-state index is -1.000. The summed E-state index contributed by atoms with van der Waals surface area (Å²) < 4.78 is 1.64. The first-order chi connectivity index (χ1) is 14.1. The van der Waals surface area contributed by atoms with Crippen molar-refractivity contribution in [2.45, 2.75) is 57.9 Å². The molecule has 0 bridgehead atoms. The first-order valence-corrected chi connectivity index (χ1v) is 10.2. The van der Waals surface area contributed by atoms with Gasteiger partial charge in [0, 0.05) is 5.56 Å². The van der Waals surface area contributed by atoms with Crippen molar-refractivity contribution in [1.82, 2.24) is 14.8 Å². The third-order valence-electron chi connectivity index (χ3n) is 5.83. The second-order valence-electron chi connectivity index (χ2n) is 7.73. The molecule has 3 aromatic rings. The van der Waals surface area contributed by atoms with E-state index in [4.69, 9.17) is 10.2 Å². The van der Waals surface area contributed by atoms with Crippen LogP contribution in [0.15, 0.2) is 30.3 Å². The number of nitriles is 1. The summed E-state index contributed by atoms with van der Waals surface area (Å²) in [5, 5.41) is 23.6. The second kappa shape index (κ2) is 8.04. The van der Waals surface area contributed by atoms with Gasteiger partial charge < -0.3 is 5.11 Å². The Bertz CT molecular complexity index is 1090. The number of aromatic nitrogens is 3. The second-order valence-corrected chi connectivity index (χ2v) is 7.73. The number of carboxylic acids is 1. The highest BCUT2D eigenvalue weighted by molar-refractivity contribution is 6.04. The number of hydrogen-bond donors (Lipinski definition) is 1. The maximum Gasteiger partial charge on any atom is 0.336 e. The number of aromatic carboxylic acids is 1. The number of benzene rings is 1. The number of carbonyl (C=O) groups is 1. The van der Waals surface area contributed by atoms with Gasteiger partial charge >= 0.3 is 5.97 Å². The fourth-order valence-corrected chi connectivity index (χ4v) is 4.34. The van der Waals surface area contributed by atoms with Crippen molar-refractivity contribution in [3.63, 3.8) is 0 Å². The third kappa shape index (κ3) is 3.73. The molecule has 0 radical (unpaired) electrons. The van der Waals surface area contributed by atoms with Crippen LogP contribution in [0.3, 0.4) is 0 Å². The van der Waals surface area contributed by atoms with Crippen LogP contribution in [-0.4, -0.2) is 25.8 Å². The molecule has 2 heterocycles. The molecule has 6 heteroatoms. The zero-order valence-corrected chi connectivity index (χ0v) is 16.6. The lowest BCUT2D eigenvalue weighted by Gasteiger charge is -2.22. The maximum atomic E-state index is 11.9. The SMILES string of the molecule is Cc1nn(CCC#N)c2nc(-c3ccc(C4CCCCC4)cc3)cc(C(=O)O)c12. The van der Waals surface area contributed by atoms with Crippen molar-refractivity contribution >= 4 is 17.0 Å². The van der Waals surface area contributed by atoms with Gasteiger partial charge in [0.25, 0.3) is 0 Å². The zero-order chi connectivity index (χ0) is 20.4. The Kier molecular flexibility index (Phi) is 5.30. The maximum absolute atomic E-state index is 11.9. The van der Waals surface area contributed by atoms with Gasteiger partial charge in [0.05, 0.1) is 41.4 Å². The summed E-state index contributed by atoms with van der Waals surface area (Å²) in [6, 6.07) is 12.1. The van der Waals surface area contributed by atoms with Crippen LogP contribution in [0.4, 0.5) is 0 Å². The van der Waals surface area contributed by atoms with Crippen LogP contribution in [-0.2, 0) is 6.54 Å². The van der Waals surface area contributed by atoms with E-state index < -0.39 is 5.97 Å². The van der Waals surface area contributed by atoms with Crippen LogP contribution in [0.25, 0.3) is 22.3 Å². The van der Waals surface area contributed by atoms with Crippen molar-refractivity contribution in [3.8, 4) is 17.3 Å². The fraction of sp³-hybridized carbons (Fsp3) is 0.391. The Balaban J connectivity index is 1.77. The largest absolute Gasteiger partial charge is 0.478 e. The summed E-state index contributed by atoms with van der Waals surface area (Å²) in [5.41, 5.74) is 4.18. The van der Waals surface area contributed by atoms with E-state index in [0.717, 1.165) is 5.56 Å². The van der Waals surface area contributed by atoms with Crippen LogP contribution < -0.4 is 0 Å². The summed E-state index contributed by atoms with van der Waals surface area (Å²) in [6.45, 7) is 2.16. The average Bonchev–Trinajstić information content (AvgIpc) is 3.07. The van der Waals surface area contributed by atoms with E-state index in [0.29, 0.717) is 41.3 Å². The summed E-state index contributed by atoms with van der Waals surface area (Å²) >= 11 is 0. The van der Waals surface area contributed by atoms with Gasteiger partial charge in [0.2, 0.25) is 0 Å². The van der Waals surface area contributed by atoms with Crippen LogP contribution in [0, 0.1) is 18.3 Å². The molecule has 0 saturated heterocycles. The Morgan fingerprint density at radius 2 is 1.97 bits per heavy atom. The number of hydrogen-bond acceptors (Lipinski definition) is 4. The minimum Gasteiger partial charge on any atom is -0.478 e. The molecule has 0 spiro atoms. The molecular weight excluding hydrogens is 364 g/mol. The van der Waals surface area contributed by atoms with Gasteiger partial charge in [-0.25, -0.2) is 14.5 Å². The number of pyridine rings is 1. The molecule has 0 atom stereocenters. The standard InChI is InChI=1S/C23H24N4O2/c1-15-21-19(23(28)29)14-20(25-22(21)27(26-15)13-5-12-24)18-10-8-17(9-11-18)16-6-3-2-4-7-16/h8-11,14,16H,2-7,13H2,1H3,(H,28,29). The molecule has 1 N–H and O–H groups in total. The highest BCUT2D eigenvalue weighted by Gasteiger charge is 2.20. The van der Waals surface area contributed by atoms with Crippen molar-refractivity contribution < 1.29 is 9.90 Å². The monoisotopic (exact) mass is 388 g/mol. The lowest BCUT2D eigenvalue weighted by atomic mass is 9.84. The Morgan fingerprint density at radius 3 is 2.62 bits per heavy atom. The van der Waals surface area contributed by atoms with Crippen molar-refractivity contribution in [2.75, 3.05) is 0 Å². The molecule has 1 saturated carbocycles. The van der Waals surface area contributed by atoms with Crippen LogP contribution >= 0.6 is 0 Å². The van der Waals surface area contributed by atoms with Crippen LogP contribution in [0.1, 0.15) is 66.1 Å². The van der Waals surface area contributed by atoms with Crippen molar-refractivity contribution in [1.29, 1.82) is 5.26 Å². The molecule has 4 rings (SSSR count). The lowest BCUT2D eigenvalue weighted by molar-refractivity contribution is 0.0699. The smallest absolute Gasteiger partial charge is 0.336 e. The summed E-state index contributed by atoms with van der Waals surface area (Å²) in [6.07, 6.45) is 6.68. The summed E-state index contributed by atoms with van der Waals surface area (Å²) in [7, 11) is 0. The number of aryl methyl sites for hydroxylation is 2. The number of carboxylic acid groups (broad SMARTS) is 1. The highest BCUT2D eigenvalue weighted by atomic mass is 16.4. The van der Waals surface area contributed by atoms with Gasteiger partial charge in [-0.1, -0.05) is 43.5 Å². The van der Waals surface area contributed by atoms with Gasteiger partial charge in [0.15, 0.2) is 5.65 Å². The van der Waals surface area contributed by atoms with E-state index >= 15 is 0 Å². The van der Waals surface area contributed by atoms with E-state index in [9.17, 15) is 9.90 Å². The van der Waals surface area contributed by atoms with Gasteiger partial charge in [0.1, 0.15) is 0 Å². The predicted molar refractivity (Wildman–Crippen MR) is 111 cm³/mol. The summed E-state index contributed by atoms with van der Waals surface area (Å²) in [4.78, 5) is 16.6. The molecule has 29 heavy (non-hydrogen) atoms. The van der Waals surface area contributed by atoms with Crippen LogP contribution in [0.2, 0.25) is 0 Å². The number of nitrogens with zero attached hydrogens (tertiary/aromatic N) is 4. The Labute approximate surface area is 169 Å². The first kappa shape index (κ1) is 19.1. The van der Waals surface area contributed by atoms with Gasteiger partial charge in [-0.3, -0.25) is 0 Å². The topological polar surface area (TPSA) is 91.8 Å². The molecule has 1 aliphatic carbocycles. The minimum absolute atomic E-state index is 0.196. The number of rotatable bonds is 5. The fourth-order valence-electron chi connectivity index (χ4n) is 4.34. The van der Waals surface area contributed by atoms with E-state index in [1.165, 1.54) is 37.7 Å². The quantitative estimate of drug-likeness (QED) is 0.659. The number of fused-ring (bicyclic) bond motifs is 1. The first-order valence-electron chi connectivity index (χ1n) is 10.2. The highest BCUT2D eigenvalue weighted by Crippen LogP contribution is 2.34. The third-order valence-corrected chi connectivity index (χ3v) is 5.83. The zero-order valence-electron chi connectivity index (χ0n) is 16.6. The lowest BCUT2D eigenvalue weighted by Crippen LogP contribution is -2.05. The molecule has 1 fully saturated rings. The molecule has 1 aromatic carbocycles. The van der Waals surface area contributed by atoms with E-state index in [1.807, 2.05) is 12.1 Å². The van der Waals surface area contributed by atoms with Crippen LogP contribution in [0.5, 0.6) is 0 Å². The van der Waals surface area contributed by atoms with Gasteiger partial charge in [-0.05, 0) is 37.3 Å². The molecule has 6 nitrogen and oxygen atoms in total. The molecule has 2 aromatic heterocycles. The van der Waals surface area contributed by atoms with E-state index in [2.05, 4.69) is 23.3 Å². The molecular formula is C23H24N4O2. The Hall–Kier alpha value is -3.20. The van der Waals surface area contributed by atoms with Gasteiger partial charge in [-0.2, -0.15) is 10.4 Å². The molecule has 148 valence electrons. The van der Waals surface area contributed by atoms with E-state index in [1.54, 1.807) is 17.7 Å². The van der Waals surface area contributed by atoms with E-state index in [-0.39, 0.29) is 5.56 Å². The molecule has 1 aliphatic rings. The summed E-state index contributed by atoms with van der Waals surface area (Å²) in [5.74, 6) is -0.377. The Morgan fingerprint density at radius 1 is 1.24 bits per heavy atom. The molecule has 0 amide bonds. The van der Waals surface area contributed by atoms with Crippen molar-refractivity contribution in [3.05, 3.63) is 47.2 Å². The molecule has 0 unspecified atom stereocenters.